The molecule has 0 bridgehead atoms. The Kier molecular flexibility index (Phi) is 11.2. The molecule has 0 aliphatic rings. The van der Waals surface area contributed by atoms with Crippen molar-refractivity contribution in [1.82, 2.24) is 0 Å². The Labute approximate surface area is 114 Å². The van der Waals surface area contributed by atoms with Gasteiger partial charge in [-0.05, 0) is 31.6 Å². The second-order valence-corrected chi connectivity index (χ2v) is 6.01. The van der Waals surface area contributed by atoms with Crippen LogP contribution in [0, 0.1) is 11.8 Å². The first-order chi connectivity index (χ1) is 7.66. The highest BCUT2D eigenvalue weighted by molar-refractivity contribution is 9.09. The predicted molar refractivity (Wildman–Crippen MR) is 77.5 cm³/mol. The number of halogens is 1. The summed E-state index contributed by atoms with van der Waals surface area (Å²) in [6, 6.07) is 0. The number of rotatable bonds is 6. The third kappa shape index (κ3) is 10.8. The van der Waals surface area contributed by atoms with E-state index in [1.54, 1.807) is 0 Å². The fraction of sp³-hybridized carbons (Fsp3) is 0.923. The van der Waals surface area contributed by atoms with Crippen LogP contribution in [-0.2, 0) is 4.79 Å². The van der Waals surface area contributed by atoms with Gasteiger partial charge in [-0.3, -0.25) is 4.79 Å². The van der Waals surface area contributed by atoms with Gasteiger partial charge in [-0.25, -0.2) is 0 Å². The molecule has 0 heterocycles. The van der Waals surface area contributed by atoms with E-state index < -0.39 is 5.97 Å². The maximum Gasteiger partial charge on any atom is 0.303 e. The van der Waals surface area contributed by atoms with Crippen molar-refractivity contribution in [2.24, 2.45) is 17.6 Å². The first kappa shape index (κ1) is 19.3. The van der Waals surface area contributed by atoms with Crippen molar-refractivity contribution < 1.29 is 9.90 Å². The highest BCUT2D eigenvalue weighted by Crippen LogP contribution is 2.21. The molecule has 0 rings (SSSR count). The maximum absolute atomic E-state index is 9.86. The molecule has 4 heteroatoms. The fourth-order valence-corrected chi connectivity index (χ4v) is 1.43. The lowest BCUT2D eigenvalue weighted by Gasteiger charge is -2.33. The lowest BCUT2D eigenvalue weighted by atomic mass is 9.80. The number of carbonyl (C=O) groups is 1. The molecule has 0 spiro atoms. The van der Waals surface area contributed by atoms with Crippen molar-refractivity contribution in [2.75, 3.05) is 5.33 Å². The quantitative estimate of drug-likeness (QED) is 0.581. The molecule has 0 aromatic rings. The van der Waals surface area contributed by atoms with Gasteiger partial charge in [0.15, 0.2) is 0 Å². The Balaban J connectivity index is 0. The smallest absolute Gasteiger partial charge is 0.303 e. The molecule has 0 aromatic heterocycles. The number of carboxylic acids is 1. The van der Waals surface area contributed by atoms with Gasteiger partial charge in [0.1, 0.15) is 0 Å². The minimum absolute atomic E-state index is 0.000000000000000222. The molecule has 17 heavy (non-hydrogen) atoms. The Morgan fingerprint density at radius 2 is 1.65 bits per heavy atom. The standard InChI is InChI=1S/C8H19N.C5H9BrO2/c1-6(2)8(5,9)7(3)4;6-4-2-1-3-5(7)8/h6-7H,9H2,1-5H3;1-4H2,(H,7,8). The van der Waals surface area contributed by atoms with Crippen LogP contribution >= 0.6 is 15.9 Å². The van der Waals surface area contributed by atoms with Crippen molar-refractivity contribution in [3.63, 3.8) is 0 Å². The molecule has 0 aliphatic carbocycles. The van der Waals surface area contributed by atoms with Crippen LogP contribution in [0.1, 0.15) is 53.9 Å². The number of unbranched alkanes of at least 4 members (excludes halogenated alkanes) is 1. The first-order valence-corrected chi connectivity index (χ1v) is 7.35. The van der Waals surface area contributed by atoms with Crippen LogP contribution < -0.4 is 5.73 Å². The fourth-order valence-electron chi connectivity index (χ4n) is 1.04. The van der Waals surface area contributed by atoms with E-state index in [9.17, 15) is 4.79 Å². The Morgan fingerprint density at radius 3 is 1.82 bits per heavy atom. The van der Waals surface area contributed by atoms with E-state index in [0.29, 0.717) is 18.3 Å². The summed E-state index contributed by atoms with van der Waals surface area (Å²) < 4.78 is 0. The molecule has 0 atom stereocenters. The number of hydrogen-bond donors (Lipinski definition) is 2. The second kappa shape index (κ2) is 9.89. The van der Waals surface area contributed by atoms with Crippen molar-refractivity contribution in [2.45, 2.75) is 59.4 Å². The number of carboxylic acid groups (broad SMARTS) is 1. The van der Waals surface area contributed by atoms with Crippen LogP contribution in [0.5, 0.6) is 0 Å². The average molecular weight is 310 g/mol. The summed E-state index contributed by atoms with van der Waals surface area (Å²) in [6.07, 6.45) is 2.03. The van der Waals surface area contributed by atoms with Gasteiger partial charge in [0, 0.05) is 17.3 Å². The van der Waals surface area contributed by atoms with Gasteiger partial charge in [0.05, 0.1) is 0 Å². The molecule has 3 N–H and O–H groups in total. The number of nitrogens with two attached hydrogens (primary N) is 1. The van der Waals surface area contributed by atoms with E-state index in [2.05, 4.69) is 50.5 Å². The molecule has 0 fully saturated rings. The third-order valence-electron chi connectivity index (χ3n) is 3.26. The number of aliphatic carboxylic acids is 1. The number of hydrogen-bond acceptors (Lipinski definition) is 2. The number of alkyl halides is 1. The van der Waals surface area contributed by atoms with Crippen molar-refractivity contribution >= 4 is 21.9 Å². The molecule has 104 valence electrons. The molecule has 0 amide bonds. The highest BCUT2D eigenvalue weighted by Gasteiger charge is 2.26. The van der Waals surface area contributed by atoms with Crippen LogP contribution in [-0.4, -0.2) is 21.9 Å². The molecule has 3 nitrogen and oxygen atoms in total. The minimum Gasteiger partial charge on any atom is -0.481 e. The van der Waals surface area contributed by atoms with Crippen LogP contribution in [0.25, 0.3) is 0 Å². The maximum atomic E-state index is 9.86. The van der Waals surface area contributed by atoms with Crippen LogP contribution in [0.3, 0.4) is 0 Å². The lowest BCUT2D eigenvalue weighted by molar-refractivity contribution is -0.137. The Morgan fingerprint density at radius 1 is 1.24 bits per heavy atom. The van der Waals surface area contributed by atoms with E-state index in [4.69, 9.17) is 10.8 Å². The summed E-state index contributed by atoms with van der Waals surface area (Å²) in [5, 5.41) is 9.03. The van der Waals surface area contributed by atoms with Crippen molar-refractivity contribution in [3.05, 3.63) is 0 Å². The molecule has 0 aliphatic heterocycles. The summed E-state index contributed by atoms with van der Waals surface area (Å²) in [5.74, 6) is 0.431. The molecule has 0 saturated heterocycles. The van der Waals surface area contributed by atoms with Crippen molar-refractivity contribution in [1.29, 1.82) is 0 Å². The summed E-state index contributed by atoms with van der Waals surface area (Å²) in [4.78, 5) is 9.86. The van der Waals surface area contributed by atoms with Crippen LogP contribution in [0.2, 0.25) is 0 Å². The van der Waals surface area contributed by atoms with Gasteiger partial charge in [-0.2, -0.15) is 0 Å². The van der Waals surface area contributed by atoms with Gasteiger partial charge in [0.25, 0.3) is 0 Å². The molecular weight excluding hydrogens is 282 g/mol. The van der Waals surface area contributed by atoms with Gasteiger partial charge in [0.2, 0.25) is 0 Å². The van der Waals surface area contributed by atoms with E-state index in [1.165, 1.54) is 0 Å². The lowest BCUT2D eigenvalue weighted by Crippen LogP contribution is -2.46. The van der Waals surface area contributed by atoms with Crippen LogP contribution in [0.4, 0.5) is 0 Å². The second-order valence-electron chi connectivity index (χ2n) is 5.22. The summed E-state index contributed by atoms with van der Waals surface area (Å²) in [6.45, 7) is 10.8. The predicted octanol–water partition coefficient (Wildman–Crippen LogP) is 3.65. The van der Waals surface area contributed by atoms with Gasteiger partial charge < -0.3 is 10.8 Å². The van der Waals surface area contributed by atoms with Crippen molar-refractivity contribution in [3.8, 4) is 0 Å². The van der Waals surface area contributed by atoms with Gasteiger partial charge in [-0.1, -0.05) is 43.6 Å². The van der Waals surface area contributed by atoms with Gasteiger partial charge >= 0.3 is 5.97 Å². The molecule has 0 unspecified atom stereocenters. The zero-order valence-corrected chi connectivity index (χ0v) is 13.4. The largest absolute Gasteiger partial charge is 0.481 e. The third-order valence-corrected chi connectivity index (χ3v) is 3.82. The average Bonchev–Trinajstić information content (AvgIpc) is 2.18. The van der Waals surface area contributed by atoms with Crippen LogP contribution in [0.15, 0.2) is 0 Å². The molecular formula is C13H28BrNO2. The van der Waals surface area contributed by atoms with E-state index in [-0.39, 0.29) is 5.54 Å². The molecule has 0 saturated carbocycles. The SMILES string of the molecule is CC(C)C(C)(N)C(C)C.O=C(O)CCCCBr. The van der Waals surface area contributed by atoms with E-state index in [1.807, 2.05) is 0 Å². The first-order valence-electron chi connectivity index (χ1n) is 6.22. The normalized spacial score (nSPS) is 11.4. The van der Waals surface area contributed by atoms with Gasteiger partial charge in [-0.15, -0.1) is 0 Å². The minimum atomic E-state index is -0.703. The summed E-state index contributed by atoms with van der Waals surface area (Å²) in [7, 11) is 0. The summed E-state index contributed by atoms with van der Waals surface area (Å²) >= 11 is 3.21. The Hall–Kier alpha value is -0.0900. The van der Waals surface area contributed by atoms with E-state index in [0.717, 1.165) is 18.2 Å². The highest BCUT2D eigenvalue weighted by atomic mass is 79.9. The molecule has 0 radical (unpaired) electrons. The zero-order valence-electron chi connectivity index (χ0n) is 11.8. The topological polar surface area (TPSA) is 63.3 Å². The molecule has 0 aromatic carbocycles. The zero-order chi connectivity index (χ0) is 14.1. The van der Waals surface area contributed by atoms with E-state index >= 15 is 0 Å². The summed E-state index contributed by atoms with van der Waals surface area (Å²) in [5.41, 5.74) is 6.00. The monoisotopic (exact) mass is 309 g/mol. The Bertz CT molecular complexity index is 194.